The molecule has 4 nitrogen and oxygen atoms in total. The molecular formula is C16H19NO3. The van der Waals surface area contributed by atoms with Gasteiger partial charge in [-0.15, -0.1) is 0 Å². The minimum Gasteiger partial charge on any atom is -0.493 e. The summed E-state index contributed by atoms with van der Waals surface area (Å²) in [5.74, 6) is 1.68. The van der Waals surface area contributed by atoms with E-state index in [9.17, 15) is 5.11 Å². The van der Waals surface area contributed by atoms with Crippen LogP contribution in [0.15, 0.2) is 42.6 Å². The molecular weight excluding hydrogens is 254 g/mol. The third-order valence-corrected chi connectivity index (χ3v) is 2.99. The standard InChI is InChI=1S/C16H19NO3/c1-3-6-13(18)12-8-9-14(15(11-12)19-2)20-16-7-4-5-10-17-16/h4-5,7-11,13,18H,3,6H2,1-2H3. The fourth-order valence-corrected chi connectivity index (χ4v) is 1.94. The fourth-order valence-electron chi connectivity index (χ4n) is 1.94. The number of benzene rings is 1. The SMILES string of the molecule is CCCC(O)c1ccc(Oc2ccccn2)c(OC)c1. The molecule has 2 aromatic rings. The Labute approximate surface area is 119 Å². The molecule has 0 saturated carbocycles. The van der Waals surface area contributed by atoms with Crippen molar-refractivity contribution in [2.75, 3.05) is 7.11 Å². The molecule has 1 heterocycles. The number of aromatic nitrogens is 1. The highest BCUT2D eigenvalue weighted by Gasteiger charge is 2.12. The lowest BCUT2D eigenvalue weighted by Crippen LogP contribution is -1.99. The molecule has 20 heavy (non-hydrogen) atoms. The zero-order chi connectivity index (χ0) is 14.4. The van der Waals surface area contributed by atoms with Crippen LogP contribution in [0.1, 0.15) is 31.4 Å². The second kappa shape index (κ2) is 6.91. The Morgan fingerprint density at radius 2 is 2.05 bits per heavy atom. The van der Waals surface area contributed by atoms with Crippen LogP contribution in [0.4, 0.5) is 0 Å². The largest absolute Gasteiger partial charge is 0.493 e. The highest BCUT2D eigenvalue weighted by atomic mass is 16.5. The van der Waals surface area contributed by atoms with Gasteiger partial charge in [0.05, 0.1) is 13.2 Å². The molecule has 0 spiro atoms. The summed E-state index contributed by atoms with van der Waals surface area (Å²) in [7, 11) is 1.58. The first-order valence-electron chi connectivity index (χ1n) is 6.69. The summed E-state index contributed by atoms with van der Waals surface area (Å²) in [4.78, 5) is 4.11. The Kier molecular flexibility index (Phi) is 4.96. The van der Waals surface area contributed by atoms with Crippen LogP contribution in [0.25, 0.3) is 0 Å². The summed E-state index contributed by atoms with van der Waals surface area (Å²) in [5.41, 5.74) is 0.831. The molecule has 1 aromatic heterocycles. The topological polar surface area (TPSA) is 51.6 Å². The zero-order valence-corrected chi connectivity index (χ0v) is 11.7. The summed E-state index contributed by atoms with van der Waals surface area (Å²) >= 11 is 0. The summed E-state index contributed by atoms with van der Waals surface area (Å²) in [6, 6.07) is 10.9. The van der Waals surface area contributed by atoms with Gasteiger partial charge < -0.3 is 14.6 Å². The highest BCUT2D eigenvalue weighted by molar-refractivity contribution is 5.45. The van der Waals surface area contributed by atoms with E-state index in [4.69, 9.17) is 9.47 Å². The minimum atomic E-state index is -0.474. The quantitative estimate of drug-likeness (QED) is 0.871. The van der Waals surface area contributed by atoms with Gasteiger partial charge in [0.1, 0.15) is 0 Å². The van der Waals surface area contributed by atoms with Crippen LogP contribution in [0.2, 0.25) is 0 Å². The second-order valence-corrected chi connectivity index (χ2v) is 4.48. The number of hydrogen-bond acceptors (Lipinski definition) is 4. The molecule has 1 atom stereocenters. The van der Waals surface area contributed by atoms with Crippen molar-refractivity contribution in [2.45, 2.75) is 25.9 Å². The van der Waals surface area contributed by atoms with Crippen LogP contribution < -0.4 is 9.47 Å². The Balaban J connectivity index is 2.22. The molecule has 0 aliphatic carbocycles. The molecule has 0 bridgehead atoms. The first kappa shape index (κ1) is 14.3. The predicted octanol–water partition coefficient (Wildman–Crippen LogP) is 3.72. The van der Waals surface area contributed by atoms with E-state index in [1.54, 1.807) is 31.5 Å². The molecule has 2 rings (SSSR count). The van der Waals surface area contributed by atoms with E-state index in [1.807, 2.05) is 25.1 Å². The number of nitrogens with zero attached hydrogens (tertiary/aromatic N) is 1. The van der Waals surface area contributed by atoms with Crippen LogP contribution in [-0.2, 0) is 0 Å². The summed E-state index contributed by atoms with van der Waals surface area (Å²) in [6.07, 6.45) is 2.85. The van der Waals surface area contributed by atoms with Gasteiger partial charge in [0.15, 0.2) is 11.5 Å². The average molecular weight is 273 g/mol. The Bertz CT molecular complexity index is 543. The monoisotopic (exact) mass is 273 g/mol. The van der Waals surface area contributed by atoms with E-state index < -0.39 is 6.10 Å². The number of aliphatic hydroxyl groups is 1. The van der Waals surface area contributed by atoms with Gasteiger partial charge in [-0.05, 0) is 30.2 Å². The van der Waals surface area contributed by atoms with Crippen molar-refractivity contribution in [1.29, 1.82) is 0 Å². The van der Waals surface area contributed by atoms with Crippen molar-refractivity contribution < 1.29 is 14.6 Å². The van der Waals surface area contributed by atoms with E-state index >= 15 is 0 Å². The van der Waals surface area contributed by atoms with Crippen molar-refractivity contribution in [2.24, 2.45) is 0 Å². The number of rotatable bonds is 6. The highest BCUT2D eigenvalue weighted by Crippen LogP contribution is 2.33. The van der Waals surface area contributed by atoms with Crippen molar-refractivity contribution >= 4 is 0 Å². The molecule has 0 aliphatic heterocycles. The van der Waals surface area contributed by atoms with Gasteiger partial charge in [0, 0.05) is 12.3 Å². The third-order valence-electron chi connectivity index (χ3n) is 2.99. The van der Waals surface area contributed by atoms with E-state index in [1.165, 1.54) is 0 Å². The van der Waals surface area contributed by atoms with Crippen molar-refractivity contribution in [3.8, 4) is 17.4 Å². The lowest BCUT2D eigenvalue weighted by atomic mass is 10.0. The van der Waals surface area contributed by atoms with Crippen LogP contribution in [0.3, 0.4) is 0 Å². The lowest BCUT2D eigenvalue weighted by Gasteiger charge is -2.14. The number of aliphatic hydroxyl groups excluding tert-OH is 1. The van der Waals surface area contributed by atoms with Gasteiger partial charge in [0.2, 0.25) is 5.88 Å². The number of methoxy groups -OCH3 is 1. The predicted molar refractivity (Wildman–Crippen MR) is 77.2 cm³/mol. The molecule has 0 aliphatic rings. The number of pyridine rings is 1. The Morgan fingerprint density at radius 1 is 1.20 bits per heavy atom. The van der Waals surface area contributed by atoms with E-state index in [-0.39, 0.29) is 0 Å². The maximum absolute atomic E-state index is 10.0. The third kappa shape index (κ3) is 3.48. The Hall–Kier alpha value is -2.07. The second-order valence-electron chi connectivity index (χ2n) is 4.48. The van der Waals surface area contributed by atoms with Crippen molar-refractivity contribution in [3.63, 3.8) is 0 Å². The molecule has 0 amide bonds. The fraction of sp³-hybridized carbons (Fsp3) is 0.312. The molecule has 1 aromatic carbocycles. The van der Waals surface area contributed by atoms with Gasteiger partial charge in [-0.1, -0.05) is 25.5 Å². The van der Waals surface area contributed by atoms with E-state index in [0.717, 1.165) is 18.4 Å². The van der Waals surface area contributed by atoms with Gasteiger partial charge in [-0.25, -0.2) is 4.98 Å². The molecule has 106 valence electrons. The van der Waals surface area contributed by atoms with Crippen LogP contribution >= 0.6 is 0 Å². The van der Waals surface area contributed by atoms with Crippen molar-refractivity contribution in [3.05, 3.63) is 48.2 Å². The molecule has 0 radical (unpaired) electrons. The number of ether oxygens (including phenoxy) is 2. The van der Waals surface area contributed by atoms with Gasteiger partial charge in [-0.2, -0.15) is 0 Å². The zero-order valence-electron chi connectivity index (χ0n) is 11.7. The average Bonchev–Trinajstić information content (AvgIpc) is 2.49. The first-order valence-corrected chi connectivity index (χ1v) is 6.69. The molecule has 0 saturated heterocycles. The molecule has 0 fully saturated rings. The lowest BCUT2D eigenvalue weighted by molar-refractivity contribution is 0.166. The van der Waals surface area contributed by atoms with Gasteiger partial charge in [0.25, 0.3) is 0 Å². The molecule has 4 heteroatoms. The number of hydrogen-bond donors (Lipinski definition) is 1. The minimum absolute atomic E-state index is 0.474. The maximum atomic E-state index is 10.0. The van der Waals surface area contributed by atoms with E-state index in [0.29, 0.717) is 17.4 Å². The summed E-state index contributed by atoms with van der Waals surface area (Å²) in [6.45, 7) is 2.04. The summed E-state index contributed by atoms with van der Waals surface area (Å²) < 4.78 is 11.0. The van der Waals surface area contributed by atoms with Crippen LogP contribution in [0, 0.1) is 0 Å². The summed E-state index contributed by atoms with van der Waals surface area (Å²) in [5, 5.41) is 10.0. The smallest absolute Gasteiger partial charge is 0.219 e. The van der Waals surface area contributed by atoms with Gasteiger partial charge in [-0.3, -0.25) is 0 Å². The van der Waals surface area contributed by atoms with Crippen LogP contribution in [-0.4, -0.2) is 17.2 Å². The molecule has 1 N–H and O–H groups in total. The Morgan fingerprint density at radius 3 is 2.70 bits per heavy atom. The molecule has 1 unspecified atom stereocenters. The van der Waals surface area contributed by atoms with Crippen molar-refractivity contribution in [1.82, 2.24) is 4.98 Å². The normalized spacial score (nSPS) is 11.9. The first-order chi connectivity index (χ1) is 9.74. The van der Waals surface area contributed by atoms with E-state index in [2.05, 4.69) is 4.98 Å². The van der Waals surface area contributed by atoms with Gasteiger partial charge >= 0.3 is 0 Å². The maximum Gasteiger partial charge on any atom is 0.219 e. The van der Waals surface area contributed by atoms with Crippen LogP contribution in [0.5, 0.6) is 17.4 Å².